The minimum Gasteiger partial charge on any atom is -0.385 e. The molecule has 1 saturated heterocycles. The van der Waals surface area contributed by atoms with Crippen molar-refractivity contribution in [3.63, 3.8) is 0 Å². The van der Waals surface area contributed by atoms with E-state index in [-0.39, 0.29) is 11.5 Å². The number of rotatable bonds is 10. The van der Waals surface area contributed by atoms with E-state index in [4.69, 9.17) is 4.99 Å². The predicted molar refractivity (Wildman–Crippen MR) is 142 cm³/mol. The lowest BCUT2D eigenvalue weighted by molar-refractivity contribution is -0.132. The number of anilines is 1. The summed E-state index contributed by atoms with van der Waals surface area (Å²) in [4.78, 5) is 31.0. The second-order valence-corrected chi connectivity index (χ2v) is 9.12. The molecule has 0 atom stereocenters. The molecule has 1 aromatic carbocycles. The van der Waals surface area contributed by atoms with Gasteiger partial charge in [0.2, 0.25) is 5.91 Å². The maximum atomic E-state index is 12.7. The third-order valence-electron chi connectivity index (χ3n) is 6.46. The fourth-order valence-corrected chi connectivity index (χ4v) is 4.38. The molecule has 0 radical (unpaired) electrons. The van der Waals surface area contributed by atoms with Gasteiger partial charge in [0.15, 0.2) is 0 Å². The fourth-order valence-electron chi connectivity index (χ4n) is 4.38. The van der Waals surface area contributed by atoms with Crippen LogP contribution in [0.15, 0.2) is 82.8 Å². The summed E-state index contributed by atoms with van der Waals surface area (Å²) >= 11 is 0. The number of benzene rings is 1. The van der Waals surface area contributed by atoms with Gasteiger partial charge in [-0.2, -0.15) is 0 Å². The number of allylic oxidation sites excluding steroid dienone is 3. The lowest BCUT2D eigenvalue weighted by Gasteiger charge is -2.38. The molecule has 6 heteroatoms. The van der Waals surface area contributed by atoms with E-state index in [1.807, 2.05) is 12.1 Å². The highest BCUT2D eigenvalue weighted by Crippen LogP contribution is 2.19. The number of aromatic nitrogens is 1. The Morgan fingerprint density at radius 1 is 1.17 bits per heavy atom. The van der Waals surface area contributed by atoms with Crippen molar-refractivity contribution in [3.05, 3.63) is 99.6 Å². The van der Waals surface area contributed by atoms with Crippen LogP contribution in [0.2, 0.25) is 0 Å². The molecular formula is C29H34N4O2. The van der Waals surface area contributed by atoms with Gasteiger partial charge >= 0.3 is 0 Å². The van der Waals surface area contributed by atoms with Crippen LogP contribution >= 0.6 is 0 Å². The van der Waals surface area contributed by atoms with Crippen LogP contribution < -0.4 is 21.6 Å². The highest BCUT2D eigenvalue weighted by molar-refractivity contribution is 5.87. The number of likely N-dealkylation sites (tertiary alicyclic amines) is 1. The second kappa shape index (κ2) is 11.6. The Balaban J connectivity index is 1.44. The molecule has 2 aliphatic heterocycles. The molecule has 182 valence electrons. The van der Waals surface area contributed by atoms with E-state index in [2.05, 4.69) is 61.3 Å². The van der Waals surface area contributed by atoms with Crippen LogP contribution in [0.3, 0.4) is 0 Å². The van der Waals surface area contributed by atoms with E-state index in [0.29, 0.717) is 12.5 Å². The molecule has 1 N–H and O–H groups in total. The van der Waals surface area contributed by atoms with Crippen LogP contribution in [-0.2, 0) is 17.8 Å². The van der Waals surface area contributed by atoms with Crippen molar-refractivity contribution in [1.29, 1.82) is 0 Å². The van der Waals surface area contributed by atoms with Gasteiger partial charge in [-0.05, 0) is 67.5 Å². The van der Waals surface area contributed by atoms with Crippen LogP contribution in [0.25, 0.3) is 6.08 Å². The van der Waals surface area contributed by atoms with Gasteiger partial charge in [-0.25, -0.2) is 4.99 Å². The number of hydrogen-bond donors (Lipinski definition) is 1. The molecular weight excluding hydrogens is 436 g/mol. The normalized spacial score (nSPS) is 15.3. The summed E-state index contributed by atoms with van der Waals surface area (Å²) in [6.45, 7) is 8.72. The molecule has 0 spiro atoms. The molecule has 6 nitrogen and oxygen atoms in total. The Labute approximate surface area is 206 Å². The van der Waals surface area contributed by atoms with Gasteiger partial charge < -0.3 is 10.2 Å². The number of hydrogen-bond acceptors (Lipinski definition) is 4. The van der Waals surface area contributed by atoms with Crippen LogP contribution in [0.1, 0.15) is 31.7 Å². The first-order valence-electron chi connectivity index (χ1n) is 12.5. The number of carbonyl (C=O) groups is 1. The molecule has 35 heavy (non-hydrogen) atoms. The number of nitrogens with zero attached hydrogens (tertiary/aromatic N) is 3. The zero-order valence-electron chi connectivity index (χ0n) is 20.5. The maximum absolute atomic E-state index is 12.7. The van der Waals surface area contributed by atoms with Crippen molar-refractivity contribution in [3.8, 4) is 0 Å². The molecule has 1 fully saturated rings. The largest absolute Gasteiger partial charge is 0.385 e. The van der Waals surface area contributed by atoms with Crippen LogP contribution in [0, 0.1) is 5.92 Å². The number of carbonyl (C=O) groups excluding carboxylic acids is 1. The van der Waals surface area contributed by atoms with Crippen molar-refractivity contribution in [2.45, 2.75) is 39.2 Å². The Morgan fingerprint density at radius 2 is 1.97 bits per heavy atom. The quantitative estimate of drug-likeness (QED) is 0.543. The molecule has 2 aliphatic rings. The molecule has 0 unspecified atom stereocenters. The molecule has 1 amide bonds. The van der Waals surface area contributed by atoms with Gasteiger partial charge in [0, 0.05) is 43.2 Å². The lowest BCUT2D eigenvalue weighted by Crippen LogP contribution is -2.50. The SMILES string of the molecule is C=CC(=O)N1CC(CCn2c(=O)ccc3c2=NC(/C=C/Cc2ccc(NCCC)cc2)=CCC=3)C1. The molecule has 4 rings (SSSR count). The van der Waals surface area contributed by atoms with Gasteiger partial charge in [-0.1, -0.05) is 43.9 Å². The summed E-state index contributed by atoms with van der Waals surface area (Å²) in [6, 6.07) is 12.0. The summed E-state index contributed by atoms with van der Waals surface area (Å²) in [5, 5.41) is 4.38. The highest BCUT2D eigenvalue weighted by Gasteiger charge is 2.28. The second-order valence-electron chi connectivity index (χ2n) is 9.12. The van der Waals surface area contributed by atoms with E-state index in [1.54, 1.807) is 15.5 Å². The Morgan fingerprint density at radius 3 is 2.71 bits per heavy atom. The van der Waals surface area contributed by atoms with E-state index in [1.165, 1.54) is 11.6 Å². The number of pyridine rings is 1. The standard InChI is InChI=1S/C29H34N4O2/c1-3-18-30-25-14-11-22(12-15-25)7-5-9-26-10-6-8-24-13-16-28(35)33(29(24)31-26)19-17-23-20-32(21-23)27(34)4-2/h4-5,8-16,23,30H,2-3,6-7,17-21H2,1H3/b9-5+. The van der Waals surface area contributed by atoms with Crippen molar-refractivity contribution in [1.82, 2.24) is 9.47 Å². The van der Waals surface area contributed by atoms with Crippen LogP contribution in [0.5, 0.6) is 0 Å². The predicted octanol–water partition coefficient (Wildman–Crippen LogP) is 3.19. The third-order valence-corrected chi connectivity index (χ3v) is 6.46. The fraction of sp³-hybridized carbons (Fsp3) is 0.345. The van der Waals surface area contributed by atoms with Crippen molar-refractivity contribution < 1.29 is 4.79 Å². The van der Waals surface area contributed by atoms with E-state index in [0.717, 1.165) is 67.4 Å². The monoisotopic (exact) mass is 470 g/mol. The molecule has 0 saturated carbocycles. The summed E-state index contributed by atoms with van der Waals surface area (Å²) < 4.78 is 1.78. The van der Waals surface area contributed by atoms with Gasteiger partial charge in [0.05, 0.1) is 5.70 Å². The minimum absolute atomic E-state index is 0.0257. The first kappa shape index (κ1) is 24.5. The first-order chi connectivity index (χ1) is 17.1. The Kier molecular flexibility index (Phi) is 8.14. The summed E-state index contributed by atoms with van der Waals surface area (Å²) in [7, 11) is 0. The smallest absolute Gasteiger partial charge is 0.252 e. The van der Waals surface area contributed by atoms with Crippen molar-refractivity contribution in [2.75, 3.05) is 25.0 Å². The molecule has 1 aromatic heterocycles. The number of amides is 1. The number of fused-ring (bicyclic) bond motifs is 1. The van der Waals surface area contributed by atoms with E-state index < -0.39 is 0 Å². The average molecular weight is 471 g/mol. The third kappa shape index (κ3) is 6.27. The van der Waals surface area contributed by atoms with Gasteiger partial charge in [-0.15, -0.1) is 0 Å². The summed E-state index contributed by atoms with van der Waals surface area (Å²) in [5.74, 6) is 0.372. The summed E-state index contributed by atoms with van der Waals surface area (Å²) in [6.07, 6.45) is 13.3. The van der Waals surface area contributed by atoms with Gasteiger partial charge in [-0.3, -0.25) is 14.2 Å². The van der Waals surface area contributed by atoms with Crippen LogP contribution in [0.4, 0.5) is 5.69 Å². The maximum Gasteiger partial charge on any atom is 0.252 e. The number of nitrogens with one attached hydrogen (secondary N) is 1. The topological polar surface area (TPSA) is 66.7 Å². The molecule has 0 aliphatic carbocycles. The lowest BCUT2D eigenvalue weighted by atomic mass is 9.96. The zero-order valence-corrected chi connectivity index (χ0v) is 20.5. The Bertz CT molecular complexity index is 1300. The molecule has 3 heterocycles. The average Bonchev–Trinajstić information content (AvgIpc) is 3.05. The van der Waals surface area contributed by atoms with Gasteiger partial charge in [0.25, 0.3) is 5.56 Å². The zero-order chi connectivity index (χ0) is 24.6. The minimum atomic E-state index is -0.0405. The summed E-state index contributed by atoms with van der Waals surface area (Å²) in [5.41, 5.74) is 3.93. The van der Waals surface area contributed by atoms with Crippen molar-refractivity contribution >= 4 is 17.7 Å². The van der Waals surface area contributed by atoms with E-state index in [9.17, 15) is 9.59 Å². The highest BCUT2D eigenvalue weighted by atomic mass is 16.2. The first-order valence-corrected chi connectivity index (χ1v) is 12.5. The van der Waals surface area contributed by atoms with Crippen LogP contribution in [-0.4, -0.2) is 35.0 Å². The van der Waals surface area contributed by atoms with Crippen molar-refractivity contribution in [2.24, 2.45) is 10.9 Å². The van der Waals surface area contributed by atoms with E-state index >= 15 is 0 Å². The molecule has 0 bridgehead atoms. The molecule has 2 aromatic rings. The Hall–Kier alpha value is -3.67. The van der Waals surface area contributed by atoms with Gasteiger partial charge in [0.1, 0.15) is 5.49 Å².